The predicted molar refractivity (Wildman–Crippen MR) is 135 cm³/mol. The number of methoxy groups -OCH3 is 1. The van der Waals surface area contributed by atoms with Gasteiger partial charge in [-0.3, -0.25) is 19.3 Å². The predicted octanol–water partition coefficient (Wildman–Crippen LogP) is 4.17. The third kappa shape index (κ3) is 5.85. The van der Waals surface area contributed by atoms with Crippen LogP contribution in [0.5, 0.6) is 11.5 Å². The van der Waals surface area contributed by atoms with E-state index in [1.165, 1.54) is 55.7 Å². The van der Waals surface area contributed by atoms with Gasteiger partial charge in [0.1, 0.15) is 11.4 Å². The number of halogens is 1. The highest BCUT2D eigenvalue weighted by Crippen LogP contribution is 2.35. The van der Waals surface area contributed by atoms with Crippen LogP contribution in [0.2, 0.25) is 5.02 Å². The fraction of sp³-hybridized carbons (Fsp3) is 0.292. The van der Waals surface area contributed by atoms with Crippen molar-refractivity contribution in [2.45, 2.75) is 24.2 Å². The summed E-state index contributed by atoms with van der Waals surface area (Å²) in [5, 5.41) is -0.131. The first-order valence-corrected chi connectivity index (χ1v) is 13.7. The lowest BCUT2D eigenvalue weighted by molar-refractivity contribution is -0.136. The van der Waals surface area contributed by atoms with Crippen molar-refractivity contribution in [3.63, 3.8) is 0 Å². The molecule has 2 aromatic rings. The van der Waals surface area contributed by atoms with Crippen LogP contribution in [-0.4, -0.2) is 62.0 Å². The molecule has 36 heavy (non-hydrogen) atoms. The first-order chi connectivity index (χ1) is 17.2. The van der Waals surface area contributed by atoms with Gasteiger partial charge >= 0.3 is 10.1 Å². The number of carbonyl (C=O) groups excluding carboxylic acids is 3. The minimum absolute atomic E-state index is 0.0511. The number of piperidine rings is 1. The average molecular weight is 551 g/mol. The van der Waals surface area contributed by atoms with Gasteiger partial charge in [0, 0.05) is 18.1 Å². The number of imide groups is 1. The van der Waals surface area contributed by atoms with Crippen molar-refractivity contribution < 1.29 is 31.7 Å². The van der Waals surface area contributed by atoms with Gasteiger partial charge in [0.05, 0.1) is 12.0 Å². The molecule has 4 rings (SSSR count). The Bertz CT molecular complexity index is 1320. The molecule has 190 valence electrons. The summed E-state index contributed by atoms with van der Waals surface area (Å²) < 4.78 is 35.7. The van der Waals surface area contributed by atoms with Crippen LogP contribution in [0.3, 0.4) is 0 Å². The summed E-state index contributed by atoms with van der Waals surface area (Å²) in [6.45, 7) is 0.973. The number of benzene rings is 2. The van der Waals surface area contributed by atoms with Crippen molar-refractivity contribution in [2.24, 2.45) is 0 Å². The number of amides is 3. The maximum Gasteiger partial charge on any atom is 0.339 e. The fourth-order valence-electron chi connectivity index (χ4n) is 3.78. The van der Waals surface area contributed by atoms with Crippen LogP contribution in [-0.2, 0) is 19.7 Å². The Morgan fingerprint density at radius 2 is 1.75 bits per heavy atom. The topological polar surface area (TPSA) is 110 Å². The van der Waals surface area contributed by atoms with E-state index in [4.69, 9.17) is 20.5 Å². The van der Waals surface area contributed by atoms with E-state index in [1.54, 1.807) is 4.90 Å². The maximum atomic E-state index is 12.8. The van der Waals surface area contributed by atoms with Crippen molar-refractivity contribution in [2.75, 3.05) is 26.7 Å². The number of hydrogen-bond donors (Lipinski definition) is 0. The summed E-state index contributed by atoms with van der Waals surface area (Å²) in [6.07, 6.45) is 4.37. The average Bonchev–Trinajstić information content (AvgIpc) is 3.12. The van der Waals surface area contributed by atoms with Crippen LogP contribution in [0.15, 0.2) is 52.3 Å². The number of rotatable bonds is 7. The quantitative estimate of drug-likeness (QED) is 0.373. The standard InChI is InChI=1S/C24H23ClN2O7S2/c1-33-20-13-16(5-10-19(20)34-36(31,32)18-8-6-17(25)7-9-18)14-21-23(29)27(24(30)35-21)15-22(28)26-11-3-2-4-12-26/h5-10,13-14H,2-4,11-12,15H2,1H3/b21-14-. The number of hydrogen-bond acceptors (Lipinski definition) is 8. The molecule has 0 N–H and O–H groups in total. The highest BCUT2D eigenvalue weighted by Gasteiger charge is 2.37. The molecule has 2 saturated heterocycles. The zero-order valence-corrected chi connectivity index (χ0v) is 21.7. The first kappa shape index (κ1) is 26.1. The molecule has 0 aliphatic carbocycles. The Kier molecular flexibility index (Phi) is 7.91. The summed E-state index contributed by atoms with van der Waals surface area (Å²) in [5.41, 5.74) is 0.482. The van der Waals surface area contributed by atoms with Crippen LogP contribution >= 0.6 is 23.4 Å². The Hall–Kier alpha value is -3.02. The molecule has 0 bridgehead atoms. The normalized spacial score (nSPS) is 17.6. The molecule has 0 radical (unpaired) electrons. The van der Waals surface area contributed by atoms with Gasteiger partial charge in [0.2, 0.25) is 5.91 Å². The Morgan fingerprint density at radius 1 is 1.06 bits per heavy atom. The third-order valence-corrected chi connectivity index (χ3v) is 8.07. The highest BCUT2D eigenvalue weighted by molar-refractivity contribution is 8.18. The van der Waals surface area contributed by atoms with Crippen molar-refractivity contribution in [1.82, 2.24) is 9.80 Å². The van der Waals surface area contributed by atoms with Gasteiger partial charge in [-0.1, -0.05) is 17.7 Å². The summed E-state index contributed by atoms with van der Waals surface area (Å²) in [6, 6.07) is 9.93. The lowest BCUT2D eigenvalue weighted by atomic mass is 10.1. The summed E-state index contributed by atoms with van der Waals surface area (Å²) in [4.78, 5) is 40.5. The Labute approximate surface area is 218 Å². The SMILES string of the molecule is COc1cc(/C=C2\SC(=O)N(CC(=O)N3CCCCC3)C2=O)ccc1OS(=O)(=O)c1ccc(Cl)cc1. The van der Waals surface area contributed by atoms with Crippen LogP contribution < -0.4 is 8.92 Å². The number of ether oxygens (including phenoxy) is 1. The maximum absolute atomic E-state index is 12.8. The molecule has 2 aliphatic heterocycles. The lowest BCUT2D eigenvalue weighted by Crippen LogP contribution is -2.44. The van der Waals surface area contributed by atoms with E-state index in [9.17, 15) is 22.8 Å². The molecule has 3 amide bonds. The molecule has 2 fully saturated rings. The van der Waals surface area contributed by atoms with Gasteiger partial charge in [0.25, 0.3) is 11.1 Å². The molecule has 0 saturated carbocycles. The summed E-state index contributed by atoms with van der Waals surface area (Å²) in [5.74, 6) is -0.742. The molecule has 0 spiro atoms. The number of carbonyl (C=O) groups is 3. The summed E-state index contributed by atoms with van der Waals surface area (Å²) in [7, 11) is -2.79. The van der Waals surface area contributed by atoms with Gasteiger partial charge in [-0.25, -0.2) is 0 Å². The minimum Gasteiger partial charge on any atom is -0.493 e. The first-order valence-electron chi connectivity index (χ1n) is 11.1. The van der Waals surface area contributed by atoms with Gasteiger partial charge in [-0.15, -0.1) is 0 Å². The van der Waals surface area contributed by atoms with Crippen molar-refractivity contribution in [1.29, 1.82) is 0 Å². The molecule has 0 aromatic heterocycles. The van der Waals surface area contributed by atoms with E-state index in [2.05, 4.69) is 0 Å². The zero-order valence-electron chi connectivity index (χ0n) is 19.3. The highest BCUT2D eigenvalue weighted by atomic mass is 35.5. The Morgan fingerprint density at radius 3 is 2.42 bits per heavy atom. The molecule has 2 aromatic carbocycles. The van der Waals surface area contributed by atoms with Crippen LogP contribution in [0, 0.1) is 0 Å². The number of likely N-dealkylation sites (tertiary alicyclic amines) is 1. The van der Waals surface area contributed by atoms with Gasteiger partial charge in [-0.05, 0) is 79.1 Å². The molecule has 2 aliphatic rings. The summed E-state index contributed by atoms with van der Waals surface area (Å²) >= 11 is 6.56. The van der Waals surface area contributed by atoms with E-state index in [-0.39, 0.29) is 33.8 Å². The van der Waals surface area contributed by atoms with Gasteiger partial charge < -0.3 is 13.8 Å². The van der Waals surface area contributed by atoms with E-state index < -0.39 is 21.3 Å². The monoisotopic (exact) mass is 550 g/mol. The second kappa shape index (κ2) is 10.9. The van der Waals surface area contributed by atoms with Crippen molar-refractivity contribution in [3.05, 3.63) is 58.0 Å². The van der Waals surface area contributed by atoms with Crippen LogP contribution in [0.4, 0.5) is 4.79 Å². The van der Waals surface area contributed by atoms with Gasteiger partial charge in [0.15, 0.2) is 11.5 Å². The largest absolute Gasteiger partial charge is 0.493 e. The minimum atomic E-state index is -4.14. The Balaban J connectivity index is 1.49. The molecule has 9 nitrogen and oxygen atoms in total. The van der Waals surface area contributed by atoms with Crippen molar-refractivity contribution >= 4 is 56.6 Å². The molecular formula is C24H23ClN2O7S2. The van der Waals surface area contributed by atoms with Crippen LogP contribution in [0.25, 0.3) is 6.08 Å². The van der Waals surface area contributed by atoms with E-state index in [1.807, 2.05) is 0 Å². The molecule has 12 heteroatoms. The molecular weight excluding hydrogens is 528 g/mol. The van der Waals surface area contributed by atoms with E-state index in [0.717, 1.165) is 35.9 Å². The van der Waals surface area contributed by atoms with Crippen molar-refractivity contribution in [3.8, 4) is 11.5 Å². The van der Waals surface area contributed by atoms with E-state index in [0.29, 0.717) is 23.7 Å². The smallest absolute Gasteiger partial charge is 0.339 e. The zero-order chi connectivity index (χ0) is 25.9. The second-order valence-electron chi connectivity index (χ2n) is 8.11. The fourth-order valence-corrected chi connectivity index (χ4v) is 5.68. The lowest BCUT2D eigenvalue weighted by Gasteiger charge is -2.27. The molecule has 2 heterocycles. The van der Waals surface area contributed by atoms with Gasteiger partial charge in [-0.2, -0.15) is 8.42 Å². The second-order valence-corrected chi connectivity index (χ2v) is 11.1. The van der Waals surface area contributed by atoms with Crippen LogP contribution in [0.1, 0.15) is 24.8 Å². The molecule has 0 unspecified atom stereocenters. The third-order valence-electron chi connectivity index (χ3n) is 5.66. The number of thioether (sulfide) groups is 1. The van der Waals surface area contributed by atoms with E-state index >= 15 is 0 Å². The molecule has 0 atom stereocenters. The number of nitrogens with zero attached hydrogens (tertiary/aromatic N) is 2.